The smallest absolute Gasteiger partial charge is 0.296 e. The molecule has 0 aliphatic heterocycles. The SMILES string of the molecule is Cc1ccc(S(C)(=O)=O)cc1NC(=O)C(=O)c1c(C)nn(C)c1C. The first-order chi connectivity index (χ1) is 11.0. The second-order valence-corrected chi connectivity index (χ2v) is 7.72. The number of benzene rings is 1. The summed E-state index contributed by atoms with van der Waals surface area (Å²) in [7, 11) is -1.72. The fourth-order valence-electron chi connectivity index (χ4n) is 2.36. The Morgan fingerprint density at radius 2 is 1.79 bits per heavy atom. The van der Waals surface area contributed by atoms with Crippen LogP contribution in [0.2, 0.25) is 0 Å². The molecule has 24 heavy (non-hydrogen) atoms. The first-order valence-corrected chi connectivity index (χ1v) is 9.08. The summed E-state index contributed by atoms with van der Waals surface area (Å²) in [5.41, 5.74) is 2.26. The van der Waals surface area contributed by atoms with Crippen molar-refractivity contribution in [2.24, 2.45) is 7.05 Å². The average Bonchev–Trinajstić information content (AvgIpc) is 2.72. The van der Waals surface area contributed by atoms with Crippen molar-refractivity contribution in [2.75, 3.05) is 11.6 Å². The maximum absolute atomic E-state index is 12.4. The van der Waals surface area contributed by atoms with Gasteiger partial charge >= 0.3 is 0 Å². The molecule has 1 heterocycles. The van der Waals surface area contributed by atoms with E-state index < -0.39 is 21.5 Å². The zero-order valence-corrected chi connectivity index (χ0v) is 15.0. The molecule has 0 aliphatic carbocycles. The molecular formula is C16H19N3O4S. The standard InChI is InChI=1S/C16H19N3O4S/c1-9-6-7-12(24(5,22)23)8-13(9)17-16(21)15(20)14-10(2)18-19(4)11(14)3/h6-8H,1-5H3,(H,17,21). The largest absolute Gasteiger partial charge is 0.319 e. The van der Waals surface area contributed by atoms with E-state index in [-0.39, 0.29) is 16.1 Å². The van der Waals surface area contributed by atoms with Gasteiger partial charge in [0.15, 0.2) is 9.84 Å². The maximum Gasteiger partial charge on any atom is 0.296 e. The Balaban J connectivity index is 2.35. The fourth-order valence-corrected chi connectivity index (χ4v) is 3.01. The minimum atomic E-state index is -3.41. The van der Waals surface area contributed by atoms with Gasteiger partial charge in [-0.15, -0.1) is 0 Å². The Labute approximate surface area is 140 Å². The van der Waals surface area contributed by atoms with Gasteiger partial charge in [-0.05, 0) is 38.5 Å². The topological polar surface area (TPSA) is 98.1 Å². The molecule has 2 rings (SSSR count). The van der Waals surface area contributed by atoms with E-state index in [1.54, 1.807) is 33.9 Å². The molecule has 1 aromatic carbocycles. The Kier molecular flexibility index (Phi) is 4.61. The number of rotatable bonds is 4. The number of carbonyl (C=O) groups is 2. The van der Waals surface area contributed by atoms with Crippen molar-refractivity contribution in [1.82, 2.24) is 9.78 Å². The number of nitrogens with one attached hydrogen (secondary N) is 1. The number of amides is 1. The highest BCUT2D eigenvalue weighted by Crippen LogP contribution is 2.21. The third-order valence-electron chi connectivity index (χ3n) is 3.83. The lowest BCUT2D eigenvalue weighted by molar-refractivity contribution is -0.112. The third-order valence-corrected chi connectivity index (χ3v) is 4.94. The summed E-state index contributed by atoms with van der Waals surface area (Å²) in [5.74, 6) is -1.54. The lowest BCUT2D eigenvalue weighted by Gasteiger charge is -2.10. The molecule has 128 valence electrons. The van der Waals surface area contributed by atoms with Crippen molar-refractivity contribution >= 4 is 27.2 Å². The molecule has 1 N–H and O–H groups in total. The summed E-state index contributed by atoms with van der Waals surface area (Å²) in [5, 5.41) is 6.62. The summed E-state index contributed by atoms with van der Waals surface area (Å²) >= 11 is 0. The highest BCUT2D eigenvalue weighted by Gasteiger charge is 2.24. The summed E-state index contributed by atoms with van der Waals surface area (Å²) < 4.78 is 24.8. The third kappa shape index (κ3) is 3.38. The van der Waals surface area contributed by atoms with Crippen molar-refractivity contribution in [3.8, 4) is 0 Å². The van der Waals surface area contributed by atoms with Gasteiger partial charge in [0, 0.05) is 24.7 Å². The lowest BCUT2D eigenvalue weighted by Crippen LogP contribution is -2.24. The van der Waals surface area contributed by atoms with Crippen LogP contribution in [0.3, 0.4) is 0 Å². The minimum Gasteiger partial charge on any atom is -0.319 e. The molecule has 7 nitrogen and oxygen atoms in total. The van der Waals surface area contributed by atoms with Crippen molar-refractivity contribution < 1.29 is 18.0 Å². The number of aryl methyl sites for hydroxylation is 3. The average molecular weight is 349 g/mol. The van der Waals surface area contributed by atoms with E-state index in [4.69, 9.17) is 0 Å². The number of aromatic nitrogens is 2. The molecule has 0 saturated heterocycles. The lowest BCUT2D eigenvalue weighted by atomic mass is 10.1. The molecule has 1 amide bonds. The van der Waals surface area contributed by atoms with Crippen molar-refractivity contribution in [3.05, 3.63) is 40.7 Å². The van der Waals surface area contributed by atoms with Crippen molar-refractivity contribution in [3.63, 3.8) is 0 Å². The van der Waals surface area contributed by atoms with Crippen LogP contribution < -0.4 is 5.32 Å². The Hall–Kier alpha value is -2.48. The van der Waals surface area contributed by atoms with E-state index in [1.165, 1.54) is 16.8 Å². The van der Waals surface area contributed by atoms with E-state index in [2.05, 4.69) is 10.4 Å². The maximum atomic E-state index is 12.4. The molecule has 0 atom stereocenters. The van der Waals surface area contributed by atoms with Crippen LogP contribution >= 0.6 is 0 Å². The van der Waals surface area contributed by atoms with Crippen LogP contribution in [0.25, 0.3) is 0 Å². The first kappa shape index (κ1) is 17.9. The van der Waals surface area contributed by atoms with E-state index in [0.717, 1.165) is 6.26 Å². The molecule has 0 aliphatic rings. The molecule has 0 fully saturated rings. The molecular weight excluding hydrogens is 330 g/mol. The molecule has 0 unspecified atom stereocenters. The second kappa shape index (κ2) is 6.20. The number of nitrogens with zero attached hydrogens (tertiary/aromatic N) is 2. The van der Waals surface area contributed by atoms with Gasteiger partial charge in [-0.2, -0.15) is 5.10 Å². The van der Waals surface area contributed by atoms with Crippen LogP contribution in [-0.4, -0.2) is 36.1 Å². The van der Waals surface area contributed by atoms with E-state index in [0.29, 0.717) is 17.0 Å². The highest BCUT2D eigenvalue weighted by atomic mass is 32.2. The van der Waals surface area contributed by atoms with Gasteiger partial charge in [0.25, 0.3) is 11.7 Å². The van der Waals surface area contributed by atoms with Gasteiger partial charge in [-0.25, -0.2) is 8.42 Å². The summed E-state index contributed by atoms with van der Waals surface area (Å²) in [6.07, 6.45) is 1.08. The van der Waals surface area contributed by atoms with Gasteiger partial charge in [-0.3, -0.25) is 14.3 Å². The van der Waals surface area contributed by atoms with Crippen molar-refractivity contribution in [2.45, 2.75) is 25.7 Å². The van der Waals surface area contributed by atoms with Gasteiger partial charge < -0.3 is 5.32 Å². The van der Waals surface area contributed by atoms with Crippen LogP contribution in [0, 0.1) is 20.8 Å². The highest BCUT2D eigenvalue weighted by molar-refractivity contribution is 7.90. The summed E-state index contributed by atoms with van der Waals surface area (Å²) in [4.78, 5) is 24.8. The Bertz CT molecular complexity index is 942. The van der Waals surface area contributed by atoms with Crippen LogP contribution in [-0.2, 0) is 21.7 Å². The first-order valence-electron chi connectivity index (χ1n) is 7.19. The number of Topliss-reactive ketones (excluding diaryl/α,β-unsaturated/α-hetero) is 1. The van der Waals surface area contributed by atoms with Crippen LogP contribution in [0.1, 0.15) is 27.3 Å². The van der Waals surface area contributed by atoms with Gasteiger partial charge in [0.05, 0.1) is 16.2 Å². The second-order valence-electron chi connectivity index (χ2n) is 5.70. The van der Waals surface area contributed by atoms with Crippen molar-refractivity contribution in [1.29, 1.82) is 0 Å². The van der Waals surface area contributed by atoms with Crippen LogP contribution in [0.4, 0.5) is 5.69 Å². The Morgan fingerprint density at radius 1 is 1.17 bits per heavy atom. The number of anilines is 1. The zero-order chi connectivity index (χ0) is 18.2. The zero-order valence-electron chi connectivity index (χ0n) is 14.2. The van der Waals surface area contributed by atoms with E-state index >= 15 is 0 Å². The van der Waals surface area contributed by atoms with Gasteiger partial charge in [0.1, 0.15) is 0 Å². The number of ketones is 1. The van der Waals surface area contributed by atoms with Crippen LogP contribution in [0.5, 0.6) is 0 Å². The molecule has 2 aromatic rings. The predicted molar refractivity (Wildman–Crippen MR) is 89.9 cm³/mol. The molecule has 1 aromatic heterocycles. The van der Waals surface area contributed by atoms with E-state index in [9.17, 15) is 18.0 Å². The Morgan fingerprint density at radius 3 is 2.29 bits per heavy atom. The summed E-state index contributed by atoms with van der Waals surface area (Å²) in [6.45, 7) is 5.08. The predicted octanol–water partition coefficient (Wildman–Crippen LogP) is 1.57. The fraction of sp³-hybridized carbons (Fsp3) is 0.312. The number of hydrogen-bond donors (Lipinski definition) is 1. The van der Waals surface area contributed by atoms with Crippen LogP contribution in [0.15, 0.2) is 23.1 Å². The quantitative estimate of drug-likeness (QED) is 0.667. The normalized spacial score (nSPS) is 11.4. The summed E-state index contributed by atoms with van der Waals surface area (Å²) in [6, 6.07) is 4.38. The number of hydrogen-bond acceptors (Lipinski definition) is 5. The molecule has 0 bridgehead atoms. The molecule has 8 heteroatoms. The number of sulfone groups is 1. The van der Waals surface area contributed by atoms with Gasteiger partial charge in [0.2, 0.25) is 0 Å². The monoisotopic (exact) mass is 349 g/mol. The minimum absolute atomic E-state index is 0.0737. The molecule has 0 spiro atoms. The number of carbonyl (C=O) groups excluding carboxylic acids is 2. The van der Waals surface area contributed by atoms with E-state index in [1.807, 2.05) is 0 Å². The molecule has 0 saturated carbocycles. The van der Waals surface area contributed by atoms with Gasteiger partial charge in [-0.1, -0.05) is 6.07 Å². The molecule has 0 radical (unpaired) electrons.